The number of hydrogen-bond donors (Lipinski definition) is 0. The molecule has 1 fully saturated rings. The van der Waals surface area contributed by atoms with E-state index in [9.17, 15) is 18.0 Å². The number of piperazine rings is 1. The van der Waals surface area contributed by atoms with Crippen molar-refractivity contribution in [3.63, 3.8) is 0 Å². The Labute approximate surface area is 152 Å². The van der Waals surface area contributed by atoms with Crippen LogP contribution >= 0.6 is 11.6 Å². The molecule has 26 heavy (non-hydrogen) atoms. The van der Waals surface area contributed by atoms with Crippen LogP contribution in [0.1, 0.15) is 5.69 Å². The normalized spacial score (nSPS) is 15.7. The van der Waals surface area contributed by atoms with E-state index in [-0.39, 0.29) is 10.8 Å². The number of pyridine rings is 1. The van der Waals surface area contributed by atoms with Gasteiger partial charge in [-0.15, -0.1) is 0 Å². The van der Waals surface area contributed by atoms with Crippen LogP contribution in [0.3, 0.4) is 0 Å². The Hall–Kier alpha value is -2.13. The minimum Gasteiger partial charge on any atom is -0.366 e. The summed E-state index contributed by atoms with van der Waals surface area (Å²) in [6, 6.07) is 2.92. The SMILES string of the molecule is O=c1c(Cl)c(N2CCN(Cc3ncccc3F)CC2)cnn1CC(F)F. The van der Waals surface area contributed by atoms with Crippen molar-refractivity contribution in [2.45, 2.75) is 19.5 Å². The third kappa shape index (κ3) is 4.16. The largest absolute Gasteiger partial charge is 0.366 e. The molecule has 2 aromatic heterocycles. The van der Waals surface area contributed by atoms with E-state index in [1.807, 2.05) is 9.80 Å². The van der Waals surface area contributed by atoms with Crippen LogP contribution in [0.4, 0.5) is 18.9 Å². The maximum absolute atomic E-state index is 13.7. The first kappa shape index (κ1) is 18.7. The quantitative estimate of drug-likeness (QED) is 0.785. The highest BCUT2D eigenvalue weighted by molar-refractivity contribution is 6.33. The lowest BCUT2D eigenvalue weighted by molar-refractivity contribution is 0.119. The molecule has 1 aliphatic heterocycles. The first-order valence-corrected chi connectivity index (χ1v) is 8.44. The molecule has 140 valence electrons. The van der Waals surface area contributed by atoms with Crippen molar-refractivity contribution in [1.82, 2.24) is 19.7 Å². The molecule has 0 atom stereocenters. The molecular formula is C16H17ClF3N5O. The minimum absolute atomic E-state index is 0.120. The van der Waals surface area contributed by atoms with E-state index in [0.717, 1.165) is 0 Å². The van der Waals surface area contributed by atoms with Crippen LogP contribution in [0.2, 0.25) is 5.02 Å². The number of halogens is 4. The van der Waals surface area contributed by atoms with E-state index >= 15 is 0 Å². The van der Waals surface area contributed by atoms with Gasteiger partial charge in [-0.05, 0) is 12.1 Å². The van der Waals surface area contributed by atoms with Crippen LogP contribution in [0.5, 0.6) is 0 Å². The van der Waals surface area contributed by atoms with Gasteiger partial charge in [0.2, 0.25) is 0 Å². The summed E-state index contributed by atoms with van der Waals surface area (Å²) in [7, 11) is 0. The molecule has 1 saturated heterocycles. The lowest BCUT2D eigenvalue weighted by Gasteiger charge is -2.36. The molecule has 0 radical (unpaired) electrons. The second-order valence-corrected chi connectivity index (χ2v) is 6.30. The Morgan fingerprint density at radius 2 is 1.96 bits per heavy atom. The highest BCUT2D eigenvalue weighted by atomic mass is 35.5. The molecule has 0 aromatic carbocycles. The molecule has 0 saturated carbocycles. The van der Waals surface area contributed by atoms with Crippen LogP contribution in [-0.4, -0.2) is 52.3 Å². The van der Waals surface area contributed by atoms with Gasteiger partial charge in [0.1, 0.15) is 17.4 Å². The molecule has 0 unspecified atom stereocenters. The monoisotopic (exact) mass is 387 g/mol. The van der Waals surface area contributed by atoms with Crippen molar-refractivity contribution in [1.29, 1.82) is 0 Å². The van der Waals surface area contributed by atoms with Crippen molar-refractivity contribution in [2.75, 3.05) is 31.1 Å². The molecular weight excluding hydrogens is 371 g/mol. The van der Waals surface area contributed by atoms with Crippen molar-refractivity contribution >= 4 is 17.3 Å². The standard InChI is InChI=1S/C16H17ClF3N5O/c17-15-13(8-22-25(16(15)26)10-14(19)20)24-6-4-23(5-7-24)9-12-11(18)2-1-3-21-12/h1-3,8,14H,4-7,9-10H2. The minimum atomic E-state index is -2.68. The van der Waals surface area contributed by atoms with Crippen LogP contribution in [0.25, 0.3) is 0 Å². The molecule has 10 heteroatoms. The van der Waals surface area contributed by atoms with Gasteiger partial charge in [0.15, 0.2) is 0 Å². The summed E-state index contributed by atoms with van der Waals surface area (Å²) in [4.78, 5) is 20.0. The lowest BCUT2D eigenvalue weighted by Crippen LogP contribution is -2.46. The van der Waals surface area contributed by atoms with Gasteiger partial charge in [0, 0.05) is 38.9 Å². The molecule has 0 amide bonds. The van der Waals surface area contributed by atoms with Crippen molar-refractivity contribution in [2.24, 2.45) is 0 Å². The van der Waals surface area contributed by atoms with Gasteiger partial charge < -0.3 is 4.90 Å². The predicted octanol–water partition coefficient (Wildman–Crippen LogP) is 2.02. The molecule has 6 nitrogen and oxygen atoms in total. The Morgan fingerprint density at radius 3 is 2.62 bits per heavy atom. The molecule has 0 bridgehead atoms. The molecule has 0 aliphatic carbocycles. The predicted molar refractivity (Wildman–Crippen MR) is 91.2 cm³/mol. The third-order valence-corrected chi connectivity index (χ3v) is 4.55. The second kappa shape index (κ2) is 8.05. The van der Waals surface area contributed by atoms with Gasteiger partial charge in [0.05, 0.1) is 17.6 Å². The van der Waals surface area contributed by atoms with E-state index in [2.05, 4.69) is 10.1 Å². The van der Waals surface area contributed by atoms with E-state index in [4.69, 9.17) is 11.6 Å². The first-order chi connectivity index (χ1) is 12.5. The molecule has 0 N–H and O–H groups in total. The number of aromatic nitrogens is 3. The Kier molecular flexibility index (Phi) is 5.77. The Morgan fingerprint density at radius 1 is 1.23 bits per heavy atom. The highest BCUT2D eigenvalue weighted by Gasteiger charge is 2.22. The average molecular weight is 388 g/mol. The van der Waals surface area contributed by atoms with Crippen LogP contribution in [-0.2, 0) is 13.1 Å². The summed E-state index contributed by atoms with van der Waals surface area (Å²) in [6.07, 6.45) is 0.201. The number of alkyl halides is 2. The number of rotatable bonds is 5. The van der Waals surface area contributed by atoms with Gasteiger partial charge in [-0.2, -0.15) is 5.10 Å². The first-order valence-electron chi connectivity index (χ1n) is 8.06. The number of nitrogens with zero attached hydrogens (tertiary/aromatic N) is 5. The van der Waals surface area contributed by atoms with Gasteiger partial charge in [-0.25, -0.2) is 17.9 Å². The van der Waals surface area contributed by atoms with Gasteiger partial charge in [-0.3, -0.25) is 14.7 Å². The maximum atomic E-state index is 13.7. The van der Waals surface area contributed by atoms with Crippen LogP contribution in [0, 0.1) is 5.82 Å². The van der Waals surface area contributed by atoms with Crippen LogP contribution < -0.4 is 10.5 Å². The maximum Gasteiger partial charge on any atom is 0.287 e. The van der Waals surface area contributed by atoms with E-state index in [1.54, 1.807) is 12.3 Å². The smallest absolute Gasteiger partial charge is 0.287 e. The van der Waals surface area contributed by atoms with Gasteiger partial charge >= 0.3 is 0 Å². The van der Waals surface area contributed by atoms with Crippen LogP contribution in [0.15, 0.2) is 29.3 Å². The van der Waals surface area contributed by atoms with E-state index in [0.29, 0.717) is 48.8 Å². The zero-order chi connectivity index (χ0) is 18.7. The molecule has 2 aromatic rings. The Balaban J connectivity index is 1.66. The van der Waals surface area contributed by atoms with E-state index in [1.165, 1.54) is 12.3 Å². The summed E-state index contributed by atoms with van der Waals surface area (Å²) in [6.45, 7) is 1.94. The summed E-state index contributed by atoms with van der Waals surface area (Å²) in [5, 5.41) is 3.66. The number of anilines is 1. The van der Waals surface area contributed by atoms with Crippen molar-refractivity contribution in [3.05, 3.63) is 51.4 Å². The molecule has 0 spiro atoms. The van der Waals surface area contributed by atoms with Crippen molar-refractivity contribution < 1.29 is 13.2 Å². The highest BCUT2D eigenvalue weighted by Crippen LogP contribution is 2.23. The third-order valence-electron chi connectivity index (χ3n) is 4.20. The molecule has 1 aliphatic rings. The second-order valence-electron chi connectivity index (χ2n) is 5.92. The topological polar surface area (TPSA) is 54.3 Å². The van der Waals surface area contributed by atoms with Gasteiger partial charge in [-0.1, -0.05) is 11.6 Å². The fourth-order valence-corrected chi connectivity index (χ4v) is 3.10. The zero-order valence-corrected chi connectivity index (χ0v) is 14.5. The fourth-order valence-electron chi connectivity index (χ4n) is 2.83. The van der Waals surface area contributed by atoms with E-state index < -0.39 is 18.5 Å². The average Bonchev–Trinajstić information content (AvgIpc) is 2.62. The number of hydrogen-bond acceptors (Lipinski definition) is 5. The van der Waals surface area contributed by atoms with Crippen molar-refractivity contribution in [3.8, 4) is 0 Å². The summed E-state index contributed by atoms with van der Waals surface area (Å²) >= 11 is 6.07. The summed E-state index contributed by atoms with van der Waals surface area (Å²) in [5.41, 5.74) is 0.0727. The zero-order valence-electron chi connectivity index (χ0n) is 13.8. The summed E-state index contributed by atoms with van der Waals surface area (Å²) in [5.74, 6) is -0.343. The van der Waals surface area contributed by atoms with Gasteiger partial charge in [0.25, 0.3) is 12.0 Å². The lowest BCUT2D eigenvalue weighted by atomic mass is 10.2. The molecule has 3 heterocycles. The molecule has 3 rings (SSSR count). The Bertz CT molecular complexity index is 824. The summed E-state index contributed by atoms with van der Waals surface area (Å²) < 4.78 is 39.3. The fraction of sp³-hybridized carbons (Fsp3) is 0.438.